The Morgan fingerprint density at radius 3 is 2.69 bits per heavy atom. The van der Waals surface area contributed by atoms with Gasteiger partial charge >= 0.3 is 11.6 Å². The number of likely N-dealkylation sites (N-methyl/N-ethyl adjacent to an activating group) is 1. The Hall–Kier alpha value is -2.23. The second kappa shape index (κ2) is 7.18. The molecule has 2 aromatic rings. The maximum atomic E-state index is 12.6. The molecule has 0 aliphatic heterocycles. The number of rotatable bonds is 7. The molecule has 0 atom stereocenters. The average molecular weight is 380 g/mol. The van der Waals surface area contributed by atoms with E-state index in [0.717, 1.165) is 0 Å². The molecule has 0 spiro atoms. The Morgan fingerprint density at radius 2 is 2.04 bits per heavy atom. The van der Waals surface area contributed by atoms with Crippen LogP contribution in [0.5, 0.6) is 0 Å². The number of nitrogens with zero attached hydrogens (tertiary/aromatic N) is 1. The van der Waals surface area contributed by atoms with Gasteiger partial charge in [0.05, 0.1) is 11.4 Å². The second-order valence-corrected chi connectivity index (χ2v) is 8.07. The smallest absolute Gasteiger partial charge is 0.336 e. The van der Waals surface area contributed by atoms with Gasteiger partial charge in [-0.1, -0.05) is 6.92 Å². The second-order valence-electron chi connectivity index (χ2n) is 6.35. The molecular formula is C17H20N2O6S. The number of hydrogen-bond donors (Lipinski definition) is 2. The Bertz CT molecular complexity index is 978. The van der Waals surface area contributed by atoms with Gasteiger partial charge in [-0.2, -0.15) is 0 Å². The van der Waals surface area contributed by atoms with Gasteiger partial charge in [0.15, 0.2) is 0 Å². The Kier molecular flexibility index (Phi) is 5.12. The topological polar surface area (TPSA) is 117 Å². The largest absolute Gasteiger partial charge is 0.480 e. The van der Waals surface area contributed by atoms with Crippen LogP contribution in [0.1, 0.15) is 19.8 Å². The van der Waals surface area contributed by atoms with Crippen LogP contribution in [-0.4, -0.2) is 49.6 Å². The summed E-state index contributed by atoms with van der Waals surface area (Å²) in [6.45, 7) is 2.44. The molecule has 8 nitrogen and oxygen atoms in total. The van der Waals surface area contributed by atoms with Crippen LogP contribution in [0.3, 0.4) is 0 Å². The highest BCUT2D eigenvalue weighted by molar-refractivity contribution is 7.89. The van der Waals surface area contributed by atoms with Crippen molar-refractivity contribution in [2.45, 2.75) is 36.7 Å². The highest BCUT2D eigenvalue weighted by Crippen LogP contribution is 2.27. The van der Waals surface area contributed by atoms with Crippen LogP contribution in [-0.2, 0) is 14.8 Å². The quantitative estimate of drug-likeness (QED) is 0.689. The van der Waals surface area contributed by atoms with Crippen molar-refractivity contribution < 1.29 is 22.7 Å². The van der Waals surface area contributed by atoms with E-state index in [1.807, 2.05) is 11.8 Å². The van der Waals surface area contributed by atoms with Crippen LogP contribution in [0, 0.1) is 0 Å². The molecular weight excluding hydrogens is 360 g/mol. The van der Waals surface area contributed by atoms with E-state index in [9.17, 15) is 18.0 Å². The van der Waals surface area contributed by atoms with Gasteiger partial charge in [-0.3, -0.25) is 9.69 Å². The number of aliphatic carboxylic acids is 1. The molecule has 1 aliphatic carbocycles. The first-order chi connectivity index (χ1) is 12.3. The molecule has 0 unspecified atom stereocenters. The van der Waals surface area contributed by atoms with E-state index < -0.39 is 21.6 Å². The van der Waals surface area contributed by atoms with Gasteiger partial charge < -0.3 is 9.52 Å². The van der Waals surface area contributed by atoms with Crippen molar-refractivity contribution in [3.63, 3.8) is 0 Å². The molecule has 9 heteroatoms. The lowest BCUT2D eigenvalue weighted by Crippen LogP contribution is -2.54. The number of carbonyl (C=O) groups is 1. The first-order valence-electron chi connectivity index (χ1n) is 8.30. The van der Waals surface area contributed by atoms with Crippen molar-refractivity contribution in [2.75, 3.05) is 13.1 Å². The van der Waals surface area contributed by atoms with Crippen LogP contribution >= 0.6 is 0 Å². The summed E-state index contributed by atoms with van der Waals surface area (Å²) in [5, 5.41) is 9.43. The first kappa shape index (κ1) is 18.6. The lowest BCUT2D eigenvalue weighted by molar-refractivity contribution is -0.139. The lowest BCUT2D eigenvalue weighted by atomic mass is 9.86. The molecule has 3 rings (SSSR count). The molecule has 0 bridgehead atoms. The van der Waals surface area contributed by atoms with E-state index in [1.165, 1.54) is 30.3 Å². The van der Waals surface area contributed by atoms with Gasteiger partial charge in [0.25, 0.3) is 0 Å². The highest BCUT2D eigenvalue weighted by Gasteiger charge is 2.36. The summed E-state index contributed by atoms with van der Waals surface area (Å²) in [6, 6.07) is 6.91. The van der Waals surface area contributed by atoms with Crippen LogP contribution in [0.15, 0.2) is 44.4 Å². The fourth-order valence-corrected chi connectivity index (χ4v) is 4.46. The van der Waals surface area contributed by atoms with Crippen LogP contribution < -0.4 is 10.3 Å². The van der Waals surface area contributed by atoms with Crippen LogP contribution in [0.2, 0.25) is 0 Å². The van der Waals surface area contributed by atoms with E-state index in [0.29, 0.717) is 30.4 Å². The van der Waals surface area contributed by atoms with Crippen molar-refractivity contribution >= 4 is 27.0 Å². The zero-order chi connectivity index (χ0) is 18.9. The molecule has 140 valence electrons. The minimum Gasteiger partial charge on any atom is -0.480 e. The number of nitrogens with one attached hydrogen (secondary N) is 1. The fraction of sp³-hybridized carbons (Fsp3) is 0.412. The maximum Gasteiger partial charge on any atom is 0.336 e. The third-order valence-electron chi connectivity index (χ3n) is 4.60. The van der Waals surface area contributed by atoms with E-state index in [-0.39, 0.29) is 23.5 Å². The SMILES string of the molecule is CCN(CC(=O)O)C1CC(NS(=O)(=O)c2ccc3oc(=O)ccc3c2)C1. The third kappa shape index (κ3) is 3.95. The van der Waals surface area contributed by atoms with Gasteiger partial charge in [-0.05, 0) is 43.7 Å². The molecule has 1 aromatic heterocycles. The molecule has 1 fully saturated rings. The molecule has 1 saturated carbocycles. The van der Waals surface area contributed by atoms with Crippen molar-refractivity contribution in [1.29, 1.82) is 0 Å². The predicted molar refractivity (Wildman–Crippen MR) is 94.5 cm³/mol. The van der Waals surface area contributed by atoms with Crippen molar-refractivity contribution in [3.05, 3.63) is 40.8 Å². The molecule has 1 aromatic carbocycles. The zero-order valence-corrected chi connectivity index (χ0v) is 15.0. The zero-order valence-electron chi connectivity index (χ0n) is 14.2. The van der Waals surface area contributed by atoms with Crippen LogP contribution in [0.4, 0.5) is 0 Å². The minimum atomic E-state index is -3.71. The molecule has 0 amide bonds. The van der Waals surface area contributed by atoms with E-state index in [2.05, 4.69) is 4.72 Å². The van der Waals surface area contributed by atoms with Gasteiger partial charge in [0.2, 0.25) is 10.0 Å². The lowest BCUT2D eigenvalue weighted by Gasteiger charge is -2.42. The molecule has 0 saturated heterocycles. The van der Waals surface area contributed by atoms with E-state index >= 15 is 0 Å². The summed E-state index contributed by atoms with van der Waals surface area (Å²) in [7, 11) is -3.71. The number of sulfonamides is 1. The van der Waals surface area contributed by atoms with Crippen molar-refractivity contribution in [3.8, 4) is 0 Å². The maximum absolute atomic E-state index is 12.6. The standard InChI is InChI=1S/C17H20N2O6S/c1-2-19(10-16(20)21)13-8-12(9-13)18-26(23,24)14-4-5-15-11(7-14)3-6-17(22)25-15/h3-7,12-13,18H,2,8-10H2,1H3,(H,20,21). The molecule has 26 heavy (non-hydrogen) atoms. The monoisotopic (exact) mass is 380 g/mol. The van der Waals surface area contributed by atoms with Gasteiger partial charge in [-0.25, -0.2) is 17.9 Å². The molecule has 2 N–H and O–H groups in total. The number of carboxylic acid groups (broad SMARTS) is 1. The van der Waals surface area contributed by atoms with E-state index in [1.54, 1.807) is 0 Å². The normalized spacial score (nSPS) is 20.2. The molecule has 1 aliphatic rings. The van der Waals surface area contributed by atoms with Crippen molar-refractivity contribution in [2.24, 2.45) is 0 Å². The predicted octanol–water partition coefficient (Wildman–Crippen LogP) is 1.01. The number of hydrogen-bond acceptors (Lipinski definition) is 6. The number of benzene rings is 1. The van der Waals surface area contributed by atoms with Crippen molar-refractivity contribution in [1.82, 2.24) is 9.62 Å². The Morgan fingerprint density at radius 1 is 1.31 bits per heavy atom. The number of carboxylic acids is 1. The number of fused-ring (bicyclic) bond motifs is 1. The minimum absolute atomic E-state index is 0.0451. The fourth-order valence-electron chi connectivity index (χ4n) is 3.16. The summed E-state index contributed by atoms with van der Waals surface area (Å²) in [5.41, 5.74) is -0.166. The molecule has 0 radical (unpaired) electrons. The van der Waals surface area contributed by atoms with Gasteiger partial charge in [0, 0.05) is 23.5 Å². The summed E-state index contributed by atoms with van der Waals surface area (Å²) in [6.07, 6.45) is 1.14. The third-order valence-corrected chi connectivity index (χ3v) is 6.12. The summed E-state index contributed by atoms with van der Waals surface area (Å²) >= 11 is 0. The summed E-state index contributed by atoms with van der Waals surface area (Å²) in [4.78, 5) is 24.0. The van der Waals surface area contributed by atoms with E-state index in [4.69, 9.17) is 9.52 Å². The van der Waals surface area contributed by atoms with Gasteiger partial charge in [0.1, 0.15) is 5.58 Å². The average Bonchev–Trinajstić information content (AvgIpc) is 2.55. The first-order valence-corrected chi connectivity index (χ1v) is 9.79. The van der Waals surface area contributed by atoms with Crippen LogP contribution in [0.25, 0.3) is 11.0 Å². The highest BCUT2D eigenvalue weighted by atomic mass is 32.2. The van der Waals surface area contributed by atoms with Gasteiger partial charge in [-0.15, -0.1) is 0 Å². The Balaban J connectivity index is 1.68. The molecule has 1 heterocycles. The summed E-state index contributed by atoms with van der Waals surface area (Å²) in [5.74, 6) is -0.890. The Labute approximate surface area is 150 Å². The summed E-state index contributed by atoms with van der Waals surface area (Å²) < 4.78 is 32.8.